The summed E-state index contributed by atoms with van der Waals surface area (Å²) in [4.78, 5) is 7.17. The Morgan fingerprint density at radius 3 is 2.56 bits per heavy atom. The number of piperidine rings is 1. The molecule has 0 aliphatic carbocycles. The van der Waals surface area contributed by atoms with Crippen molar-refractivity contribution in [1.29, 1.82) is 0 Å². The lowest BCUT2D eigenvalue weighted by Crippen LogP contribution is -2.48. The molecule has 98 valence electrons. The Morgan fingerprint density at radius 1 is 1.44 bits per heavy atom. The fourth-order valence-corrected chi connectivity index (χ4v) is 3.62. The van der Waals surface area contributed by atoms with Crippen LogP contribution in [0.25, 0.3) is 0 Å². The highest BCUT2D eigenvalue weighted by Crippen LogP contribution is 2.35. The van der Waals surface area contributed by atoms with E-state index in [-0.39, 0.29) is 4.75 Å². The average Bonchev–Trinajstić information content (AvgIpc) is 2.41. The van der Waals surface area contributed by atoms with E-state index >= 15 is 0 Å². The van der Waals surface area contributed by atoms with Gasteiger partial charge in [-0.05, 0) is 36.8 Å². The van der Waals surface area contributed by atoms with Crippen molar-refractivity contribution in [2.24, 2.45) is 5.73 Å². The van der Waals surface area contributed by atoms with Gasteiger partial charge in [-0.1, -0.05) is 12.2 Å². The zero-order valence-electron chi connectivity index (χ0n) is 10.6. The van der Waals surface area contributed by atoms with Crippen LogP contribution in [0.5, 0.6) is 0 Å². The number of likely N-dealkylation sites (tertiary alicyclic amines) is 1. The molecule has 1 fully saturated rings. The molecule has 1 aliphatic heterocycles. The third kappa shape index (κ3) is 3.02. The van der Waals surface area contributed by atoms with Crippen molar-refractivity contribution in [2.75, 3.05) is 19.3 Å². The smallest absolute Gasteiger partial charge is 0.0891 e. The van der Waals surface area contributed by atoms with Crippen molar-refractivity contribution in [2.45, 2.75) is 24.1 Å². The van der Waals surface area contributed by atoms with E-state index in [4.69, 9.17) is 18.0 Å². The van der Waals surface area contributed by atoms with E-state index in [0.29, 0.717) is 4.99 Å². The van der Waals surface area contributed by atoms with E-state index in [9.17, 15) is 0 Å². The summed E-state index contributed by atoms with van der Waals surface area (Å²) in [5, 5.41) is 0. The van der Waals surface area contributed by atoms with E-state index in [1.165, 1.54) is 5.56 Å². The van der Waals surface area contributed by atoms with Gasteiger partial charge in [0, 0.05) is 32.0 Å². The lowest BCUT2D eigenvalue weighted by atomic mass is 9.95. The molecule has 1 aromatic rings. The number of pyridine rings is 1. The number of hydrogen-bond donors (Lipinski definition) is 1. The first-order chi connectivity index (χ1) is 8.66. The molecule has 0 bridgehead atoms. The molecule has 0 unspecified atom stereocenters. The SMILES string of the molecule is CSC1(C(N)=S)CCN(Cc2ccncc2)CC1. The Labute approximate surface area is 118 Å². The lowest BCUT2D eigenvalue weighted by Gasteiger charge is -2.40. The summed E-state index contributed by atoms with van der Waals surface area (Å²) in [7, 11) is 0. The summed E-state index contributed by atoms with van der Waals surface area (Å²) in [6, 6.07) is 4.15. The fourth-order valence-electron chi connectivity index (χ4n) is 2.37. The molecule has 0 amide bonds. The fraction of sp³-hybridized carbons (Fsp3) is 0.538. The van der Waals surface area contributed by atoms with E-state index in [1.807, 2.05) is 12.4 Å². The predicted molar refractivity (Wildman–Crippen MR) is 81.8 cm³/mol. The number of nitrogens with zero attached hydrogens (tertiary/aromatic N) is 2. The summed E-state index contributed by atoms with van der Waals surface area (Å²) in [5.41, 5.74) is 7.21. The number of aromatic nitrogens is 1. The maximum Gasteiger partial charge on any atom is 0.0891 e. The first-order valence-corrected chi connectivity index (χ1v) is 7.76. The molecule has 2 N–H and O–H groups in total. The maximum atomic E-state index is 5.89. The second-order valence-corrected chi connectivity index (χ2v) is 6.32. The minimum atomic E-state index is 0.0179. The zero-order valence-corrected chi connectivity index (χ0v) is 12.3. The van der Waals surface area contributed by atoms with Crippen LogP contribution >= 0.6 is 24.0 Å². The summed E-state index contributed by atoms with van der Waals surface area (Å²) in [5.74, 6) is 0. The van der Waals surface area contributed by atoms with Gasteiger partial charge in [-0.2, -0.15) is 11.8 Å². The molecule has 0 aromatic carbocycles. The van der Waals surface area contributed by atoms with Gasteiger partial charge in [-0.15, -0.1) is 0 Å². The van der Waals surface area contributed by atoms with Crippen LogP contribution in [0.3, 0.4) is 0 Å². The molecular weight excluding hydrogens is 262 g/mol. The average molecular weight is 281 g/mol. The first kappa shape index (κ1) is 13.8. The van der Waals surface area contributed by atoms with Gasteiger partial charge in [0.25, 0.3) is 0 Å². The number of hydrogen-bond acceptors (Lipinski definition) is 4. The highest BCUT2D eigenvalue weighted by molar-refractivity contribution is 8.02. The van der Waals surface area contributed by atoms with Crippen LogP contribution in [0.15, 0.2) is 24.5 Å². The lowest BCUT2D eigenvalue weighted by molar-refractivity contribution is 0.212. The van der Waals surface area contributed by atoms with Gasteiger partial charge in [0.15, 0.2) is 0 Å². The Morgan fingerprint density at radius 2 is 2.06 bits per heavy atom. The normalized spacial score (nSPS) is 19.6. The zero-order chi connectivity index (χ0) is 13.0. The maximum absolute atomic E-state index is 5.89. The van der Waals surface area contributed by atoms with Crippen LogP contribution in [0.1, 0.15) is 18.4 Å². The highest BCUT2D eigenvalue weighted by Gasteiger charge is 2.36. The molecule has 0 atom stereocenters. The molecule has 2 heterocycles. The van der Waals surface area contributed by atoms with Crippen molar-refractivity contribution in [3.8, 4) is 0 Å². The van der Waals surface area contributed by atoms with Gasteiger partial charge in [-0.3, -0.25) is 9.88 Å². The van der Waals surface area contributed by atoms with E-state index in [1.54, 1.807) is 11.8 Å². The van der Waals surface area contributed by atoms with E-state index < -0.39 is 0 Å². The predicted octanol–water partition coefficient (Wildman–Crippen LogP) is 2.07. The molecule has 0 radical (unpaired) electrons. The van der Waals surface area contributed by atoms with Crippen molar-refractivity contribution >= 4 is 29.0 Å². The van der Waals surface area contributed by atoms with Crippen LogP contribution in [-0.2, 0) is 6.54 Å². The molecule has 18 heavy (non-hydrogen) atoms. The molecule has 2 rings (SSSR count). The second kappa shape index (κ2) is 5.99. The van der Waals surface area contributed by atoms with Crippen LogP contribution in [0.2, 0.25) is 0 Å². The molecule has 1 saturated heterocycles. The number of thioether (sulfide) groups is 1. The van der Waals surface area contributed by atoms with Crippen LogP contribution in [0, 0.1) is 0 Å². The van der Waals surface area contributed by atoms with Crippen molar-refractivity contribution in [3.05, 3.63) is 30.1 Å². The molecule has 0 spiro atoms. The summed E-state index contributed by atoms with van der Waals surface area (Å²) >= 11 is 7.03. The Bertz CT molecular complexity index is 400. The molecule has 1 aliphatic rings. The van der Waals surface area contributed by atoms with E-state index in [2.05, 4.69) is 28.3 Å². The quantitative estimate of drug-likeness (QED) is 0.856. The summed E-state index contributed by atoms with van der Waals surface area (Å²) in [6.45, 7) is 3.10. The van der Waals surface area contributed by atoms with Crippen molar-refractivity contribution in [1.82, 2.24) is 9.88 Å². The Balaban J connectivity index is 1.93. The van der Waals surface area contributed by atoms with Gasteiger partial charge < -0.3 is 5.73 Å². The van der Waals surface area contributed by atoms with E-state index in [0.717, 1.165) is 32.5 Å². The van der Waals surface area contributed by atoms with Crippen LogP contribution in [-0.4, -0.2) is 39.0 Å². The van der Waals surface area contributed by atoms with Gasteiger partial charge in [-0.25, -0.2) is 0 Å². The Hall–Kier alpha value is -0.650. The third-order valence-electron chi connectivity index (χ3n) is 3.66. The van der Waals surface area contributed by atoms with Crippen molar-refractivity contribution < 1.29 is 0 Å². The molecule has 5 heteroatoms. The third-order valence-corrected chi connectivity index (χ3v) is 5.59. The topological polar surface area (TPSA) is 42.1 Å². The molecular formula is C13H19N3S2. The van der Waals surface area contributed by atoms with Gasteiger partial charge in [0.1, 0.15) is 0 Å². The number of nitrogens with two attached hydrogens (primary N) is 1. The monoisotopic (exact) mass is 281 g/mol. The summed E-state index contributed by atoms with van der Waals surface area (Å²) in [6.07, 6.45) is 7.90. The minimum absolute atomic E-state index is 0.0179. The molecule has 0 saturated carbocycles. The molecule has 1 aromatic heterocycles. The molecule has 3 nitrogen and oxygen atoms in total. The van der Waals surface area contributed by atoms with Gasteiger partial charge >= 0.3 is 0 Å². The highest BCUT2D eigenvalue weighted by atomic mass is 32.2. The number of thiocarbonyl (C=S) groups is 1. The van der Waals surface area contributed by atoms with Gasteiger partial charge in [0.05, 0.1) is 9.74 Å². The number of rotatable bonds is 4. The van der Waals surface area contributed by atoms with Gasteiger partial charge in [0.2, 0.25) is 0 Å². The van der Waals surface area contributed by atoms with Crippen LogP contribution in [0.4, 0.5) is 0 Å². The first-order valence-electron chi connectivity index (χ1n) is 6.12. The van der Waals surface area contributed by atoms with Crippen molar-refractivity contribution in [3.63, 3.8) is 0 Å². The minimum Gasteiger partial charge on any atom is -0.392 e. The second-order valence-electron chi connectivity index (χ2n) is 4.69. The van der Waals surface area contributed by atoms with Crippen LogP contribution < -0.4 is 5.73 Å². The standard InChI is InChI=1S/C13H19N3S2/c1-18-13(12(14)17)4-8-16(9-5-13)10-11-2-6-15-7-3-11/h2-3,6-7H,4-5,8-10H2,1H3,(H2,14,17). The summed E-state index contributed by atoms with van der Waals surface area (Å²) < 4.78 is 0.0179. The Kier molecular flexibility index (Phi) is 4.59. The largest absolute Gasteiger partial charge is 0.392 e.